The summed E-state index contributed by atoms with van der Waals surface area (Å²) in [7, 11) is 1.64. The number of hydrogen-bond acceptors (Lipinski definition) is 4. The van der Waals surface area contributed by atoms with E-state index in [0.29, 0.717) is 17.3 Å². The fourth-order valence-corrected chi connectivity index (χ4v) is 4.75. The minimum Gasteiger partial charge on any atom is -0.351 e. The maximum Gasteiger partial charge on any atom is 0.276 e. The molecule has 0 bridgehead atoms. The molecule has 34 heavy (non-hydrogen) atoms. The highest BCUT2D eigenvalue weighted by atomic mass is 16.2. The van der Waals surface area contributed by atoms with Crippen LogP contribution in [-0.4, -0.2) is 51.0 Å². The average Bonchev–Trinajstić information content (AvgIpc) is 3.06. The first kappa shape index (κ1) is 24.0. The Bertz CT molecular complexity index is 1070. The number of fused-ring (bicyclic) bond motifs is 1. The maximum absolute atomic E-state index is 13.3. The molecule has 3 amide bonds. The summed E-state index contributed by atoms with van der Waals surface area (Å²) < 4.78 is 1.49. The van der Waals surface area contributed by atoms with Crippen LogP contribution in [0.25, 0.3) is 0 Å². The van der Waals surface area contributed by atoms with E-state index in [9.17, 15) is 14.4 Å². The molecule has 1 aliphatic heterocycles. The van der Waals surface area contributed by atoms with Gasteiger partial charge < -0.3 is 15.5 Å². The standard InChI is InChI=1S/C26H35N5O3/c1-17(2)18-11-13-20(14-12-18)27-23(32)21-15-22-24(33)30(4)26(3,16-31(22)29-21)25(34)28-19-9-7-5-6-8-10-19/h11-15,17,19H,5-10,16H2,1-4H3,(H,27,32)(H,28,34). The van der Waals surface area contributed by atoms with Gasteiger partial charge >= 0.3 is 0 Å². The SMILES string of the molecule is CC(C)c1ccc(NC(=O)c2cc3n(n2)CC(C)(C(=O)NC2CCCCCC2)N(C)C3=O)cc1. The van der Waals surface area contributed by atoms with Crippen LogP contribution in [0.2, 0.25) is 0 Å². The van der Waals surface area contributed by atoms with E-state index < -0.39 is 5.54 Å². The van der Waals surface area contributed by atoms with Crippen molar-refractivity contribution >= 4 is 23.4 Å². The van der Waals surface area contributed by atoms with Gasteiger partial charge in [-0.05, 0) is 43.4 Å². The summed E-state index contributed by atoms with van der Waals surface area (Å²) in [5.74, 6) is -0.480. The van der Waals surface area contributed by atoms with E-state index in [4.69, 9.17) is 0 Å². The minimum atomic E-state index is -1.08. The van der Waals surface area contributed by atoms with Crippen molar-refractivity contribution in [2.45, 2.75) is 83.3 Å². The zero-order valence-electron chi connectivity index (χ0n) is 20.6. The van der Waals surface area contributed by atoms with E-state index in [1.54, 1.807) is 14.0 Å². The predicted molar refractivity (Wildman–Crippen MR) is 131 cm³/mol. The number of aromatic nitrogens is 2. The van der Waals surface area contributed by atoms with Crippen molar-refractivity contribution in [1.29, 1.82) is 0 Å². The zero-order chi connectivity index (χ0) is 24.5. The smallest absolute Gasteiger partial charge is 0.276 e. The van der Waals surface area contributed by atoms with Gasteiger partial charge in [-0.3, -0.25) is 19.1 Å². The van der Waals surface area contributed by atoms with Crippen LogP contribution in [0.4, 0.5) is 5.69 Å². The fraction of sp³-hybridized carbons (Fsp3) is 0.538. The van der Waals surface area contributed by atoms with E-state index in [-0.39, 0.29) is 36.0 Å². The van der Waals surface area contributed by atoms with Crippen molar-refractivity contribution in [3.8, 4) is 0 Å². The minimum absolute atomic E-state index is 0.137. The van der Waals surface area contributed by atoms with Crippen LogP contribution in [0.5, 0.6) is 0 Å². The van der Waals surface area contributed by atoms with Gasteiger partial charge in [-0.1, -0.05) is 51.7 Å². The van der Waals surface area contributed by atoms with Gasteiger partial charge in [0.2, 0.25) is 5.91 Å². The third kappa shape index (κ3) is 4.72. The first-order valence-corrected chi connectivity index (χ1v) is 12.3. The third-order valence-corrected chi connectivity index (χ3v) is 7.25. The molecule has 2 heterocycles. The lowest BCUT2D eigenvalue weighted by Gasteiger charge is -2.41. The van der Waals surface area contributed by atoms with Crippen molar-refractivity contribution in [2.75, 3.05) is 12.4 Å². The quantitative estimate of drug-likeness (QED) is 0.654. The number of carbonyl (C=O) groups is 3. The number of carbonyl (C=O) groups excluding carboxylic acids is 3. The van der Waals surface area contributed by atoms with Crippen LogP contribution in [0.1, 0.15) is 91.8 Å². The van der Waals surface area contributed by atoms with Gasteiger partial charge in [-0.25, -0.2) is 0 Å². The van der Waals surface area contributed by atoms with Gasteiger partial charge in [0.15, 0.2) is 5.69 Å². The number of benzene rings is 1. The highest BCUT2D eigenvalue weighted by Gasteiger charge is 2.46. The van der Waals surface area contributed by atoms with Gasteiger partial charge in [-0.2, -0.15) is 5.10 Å². The largest absolute Gasteiger partial charge is 0.351 e. The topological polar surface area (TPSA) is 96.3 Å². The van der Waals surface area contributed by atoms with Gasteiger partial charge in [0.1, 0.15) is 11.2 Å². The van der Waals surface area contributed by atoms with Crippen molar-refractivity contribution in [2.24, 2.45) is 0 Å². The Kier molecular flexibility index (Phi) is 6.77. The number of hydrogen-bond donors (Lipinski definition) is 2. The number of amides is 3. The highest BCUT2D eigenvalue weighted by Crippen LogP contribution is 2.27. The number of likely N-dealkylation sites (N-methyl/N-ethyl adjacent to an activating group) is 1. The van der Waals surface area contributed by atoms with Gasteiger partial charge in [0.05, 0.1) is 6.54 Å². The molecule has 1 unspecified atom stereocenters. The van der Waals surface area contributed by atoms with Crippen LogP contribution < -0.4 is 10.6 Å². The molecule has 0 radical (unpaired) electrons. The van der Waals surface area contributed by atoms with E-state index in [0.717, 1.165) is 25.7 Å². The molecule has 1 saturated carbocycles. The lowest BCUT2D eigenvalue weighted by Crippen LogP contribution is -2.63. The summed E-state index contributed by atoms with van der Waals surface area (Å²) >= 11 is 0. The molecule has 0 spiro atoms. The van der Waals surface area contributed by atoms with Crippen LogP contribution >= 0.6 is 0 Å². The van der Waals surface area contributed by atoms with Crippen LogP contribution in [-0.2, 0) is 11.3 Å². The Morgan fingerprint density at radius 3 is 2.35 bits per heavy atom. The second kappa shape index (κ2) is 9.60. The highest BCUT2D eigenvalue weighted by molar-refractivity contribution is 6.05. The lowest BCUT2D eigenvalue weighted by molar-refractivity contribution is -0.133. The van der Waals surface area contributed by atoms with Crippen LogP contribution in [0.3, 0.4) is 0 Å². The Morgan fingerprint density at radius 1 is 1.09 bits per heavy atom. The maximum atomic E-state index is 13.3. The van der Waals surface area contributed by atoms with Gasteiger partial charge in [0, 0.05) is 24.8 Å². The summed E-state index contributed by atoms with van der Waals surface area (Å²) in [6.45, 7) is 6.18. The first-order chi connectivity index (χ1) is 16.2. The molecule has 1 aromatic heterocycles. The number of rotatable bonds is 5. The molecule has 2 aliphatic rings. The molecule has 2 aromatic rings. The number of anilines is 1. The normalized spacial score (nSPS) is 21.2. The Morgan fingerprint density at radius 2 is 1.74 bits per heavy atom. The van der Waals surface area contributed by atoms with Crippen LogP contribution in [0, 0.1) is 0 Å². The van der Waals surface area contributed by atoms with E-state index in [2.05, 4.69) is 29.6 Å². The summed E-state index contributed by atoms with van der Waals surface area (Å²) in [5, 5.41) is 10.4. The molecule has 1 aromatic carbocycles. The summed E-state index contributed by atoms with van der Waals surface area (Å²) in [5.41, 5.74) is 1.23. The van der Waals surface area contributed by atoms with Crippen molar-refractivity contribution in [3.63, 3.8) is 0 Å². The zero-order valence-corrected chi connectivity index (χ0v) is 20.6. The van der Waals surface area contributed by atoms with Crippen LogP contribution in [0.15, 0.2) is 30.3 Å². The molecule has 2 N–H and O–H groups in total. The van der Waals surface area contributed by atoms with Crippen molar-refractivity contribution in [3.05, 3.63) is 47.3 Å². The predicted octanol–water partition coefficient (Wildman–Crippen LogP) is 3.94. The molecule has 8 heteroatoms. The molecule has 8 nitrogen and oxygen atoms in total. The Labute approximate surface area is 201 Å². The van der Waals surface area contributed by atoms with E-state index in [1.165, 1.54) is 34.1 Å². The van der Waals surface area contributed by atoms with Crippen molar-refractivity contribution in [1.82, 2.24) is 20.0 Å². The van der Waals surface area contributed by atoms with E-state index in [1.807, 2.05) is 24.3 Å². The van der Waals surface area contributed by atoms with Gasteiger partial charge in [-0.15, -0.1) is 0 Å². The first-order valence-electron chi connectivity index (χ1n) is 12.3. The molecule has 182 valence electrons. The van der Waals surface area contributed by atoms with Gasteiger partial charge in [0.25, 0.3) is 11.8 Å². The second-order valence-electron chi connectivity index (χ2n) is 10.1. The fourth-order valence-electron chi connectivity index (χ4n) is 4.75. The lowest BCUT2D eigenvalue weighted by atomic mass is 9.95. The van der Waals surface area contributed by atoms with E-state index >= 15 is 0 Å². The second-order valence-corrected chi connectivity index (χ2v) is 10.1. The Hall–Kier alpha value is -3.16. The number of nitrogens with one attached hydrogen (secondary N) is 2. The summed E-state index contributed by atoms with van der Waals surface area (Å²) in [6.07, 6.45) is 6.55. The molecule has 1 atom stereocenters. The molecular weight excluding hydrogens is 430 g/mol. The Balaban J connectivity index is 1.49. The molecular formula is C26H35N5O3. The van der Waals surface area contributed by atoms with Crippen molar-refractivity contribution < 1.29 is 14.4 Å². The number of nitrogens with zero attached hydrogens (tertiary/aromatic N) is 3. The molecule has 1 aliphatic carbocycles. The molecule has 0 saturated heterocycles. The summed E-state index contributed by atoms with van der Waals surface area (Å²) in [4.78, 5) is 40.7. The third-order valence-electron chi connectivity index (χ3n) is 7.25. The summed E-state index contributed by atoms with van der Waals surface area (Å²) in [6, 6.07) is 9.32. The average molecular weight is 466 g/mol. The molecule has 1 fully saturated rings. The monoisotopic (exact) mass is 465 g/mol. The molecule has 4 rings (SSSR count).